The van der Waals surface area contributed by atoms with Gasteiger partial charge in [-0.3, -0.25) is 9.59 Å². The van der Waals surface area contributed by atoms with Gasteiger partial charge in [0.1, 0.15) is 12.3 Å². The van der Waals surface area contributed by atoms with E-state index in [0.717, 1.165) is 10.5 Å². The molecule has 1 heterocycles. The molecule has 0 saturated heterocycles. The number of likely N-dealkylation sites (N-methyl/N-ethyl adjacent to an activating group) is 1. The number of hydrogen-bond acceptors (Lipinski definition) is 3. The number of aliphatic carboxylic acids is 1. The van der Waals surface area contributed by atoms with Crippen molar-refractivity contribution in [2.45, 2.75) is 26.2 Å². The molecule has 0 bridgehead atoms. The highest BCUT2D eigenvalue weighted by molar-refractivity contribution is 5.93. The molecule has 0 aliphatic rings. The van der Waals surface area contributed by atoms with Gasteiger partial charge in [0, 0.05) is 12.6 Å². The number of amides is 1. The van der Waals surface area contributed by atoms with E-state index < -0.39 is 11.9 Å². The molecule has 1 aromatic carbocycles. The Morgan fingerprint density at radius 2 is 1.70 bits per heavy atom. The average Bonchev–Trinajstić information content (AvgIpc) is 2.94. The average molecular weight is 315 g/mol. The molecule has 0 aliphatic heterocycles. The van der Waals surface area contributed by atoms with Gasteiger partial charge in [-0.2, -0.15) is 0 Å². The molecule has 0 fully saturated rings. The Bertz CT molecular complexity index is 707. The Hall–Kier alpha value is -2.56. The van der Waals surface area contributed by atoms with Crippen molar-refractivity contribution in [1.82, 2.24) is 4.90 Å². The lowest BCUT2D eigenvalue weighted by molar-refractivity contribution is -0.137. The number of carbonyl (C=O) groups is 2. The first kappa shape index (κ1) is 16.8. The van der Waals surface area contributed by atoms with Crippen LogP contribution in [0.1, 0.15) is 36.9 Å². The summed E-state index contributed by atoms with van der Waals surface area (Å²) < 4.78 is 5.58. The van der Waals surface area contributed by atoms with Crippen molar-refractivity contribution < 1.29 is 19.1 Å². The van der Waals surface area contributed by atoms with Gasteiger partial charge in [-0.25, -0.2) is 0 Å². The van der Waals surface area contributed by atoms with Crippen molar-refractivity contribution in [3.8, 4) is 11.3 Å². The van der Waals surface area contributed by atoms with Crippen molar-refractivity contribution in [3.05, 3.63) is 47.7 Å². The highest BCUT2D eigenvalue weighted by atomic mass is 16.4. The van der Waals surface area contributed by atoms with Crippen molar-refractivity contribution in [1.29, 1.82) is 0 Å². The summed E-state index contributed by atoms with van der Waals surface area (Å²) in [4.78, 5) is 23.8. The summed E-state index contributed by atoms with van der Waals surface area (Å²) in [6.07, 6.45) is 0. The van der Waals surface area contributed by atoms with E-state index in [1.807, 2.05) is 24.3 Å². The summed E-state index contributed by atoms with van der Waals surface area (Å²) in [5, 5.41) is 8.73. The Balaban J connectivity index is 2.19. The van der Waals surface area contributed by atoms with Crippen LogP contribution in [0.25, 0.3) is 11.3 Å². The molecule has 2 aromatic rings. The van der Waals surface area contributed by atoms with Gasteiger partial charge >= 0.3 is 5.97 Å². The fourth-order valence-corrected chi connectivity index (χ4v) is 2.21. The van der Waals surface area contributed by atoms with Crippen LogP contribution in [-0.4, -0.2) is 35.5 Å². The third kappa shape index (κ3) is 4.00. The van der Waals surface area contributed by atoms with E-state index in [2.05, 4.69) is 20.8 Å². The standard InChI is InChI=1S/C18H21NO4/c1-18(2,3)13-7-5-12(6-8-13)14-9-10-15(23-14)17(22)19(4)11-16(20)21/h5-10H,11H2,1-4H3,(H,20,21). The summed E-state index contributed by atoms with van der Waals surface area (Å²) >= 11 is 0. The van der Waals surface area contributed by atoms with Gasteiger partial charge in [-0.15, -0.1) is 0 Å². The second-order valence-electron chi connectivity index (χ2n) is 6.55. The van der Waals surface area contributed by atoms with Crippen LogP contribution in [0.3, 0.4) is 0 Å². The van der Waals surface area contributed by atoms with Crippen LogP contribution in [0, 0.1) is 0 Å². The van der Waals surface area contributed by atoms with E-state index in [1.54, 1.807) is 12.1 Å². The van der Waals surface area contributed by atoms with E-state index in [4.69, 9.17) is 9.52 Å². The number of rotatable bonds is 4. The molecule has 0 unspecified atom stereocenters. The number of benzene rings is 1. The number of carbonyl (C=O) groups excluding carboxylic acids is 1. The lowest BCUT2D eigenvalue weighted by atomic mass is 9.86. The van der Waals surface area contributed by atoms with Crippen molar-refractivity contribution in [2.24, 2.45) is 0 Å². The van der Waals surface area contributed by atoms with Gasteiger partial charge in [0.25, 0.3) is 5.91 Å². The first-order chi connectivity index (χ1) is 10.7. The Morgan fingerprint density at radius 1 is 1.09 bits per heavy atom. The van der Waals surface area contributed by atoms with Crippen molar-refractivity contribution in [2.75, 3.05) is 13.6 Å². The van der Waals surface area contributed by atoms with Crippen LogP contribution < -0.4 is 0 Å². The number of hydrogen-bond donors (Lipinski definition) is 1. The maximum absolute atomic E-state index is 12.1. The number of furan rings is 1. The molecule has 1 aromatic heterocycles. The lowest BCUT2D eigenvalue weighted by Crippen LogP contribution is -2.31. The smallest absolute Gasteiger partial charge is 0.323 e. The molecule has 1 amide bonds. The maximum Gasteiger partial charge on any atom is 0.323 e. The topological polar surface area (TPSA) is 70.8 Å². The molecule has 2 rings (SSSR count). The zero-order chi connectivity index (χ0) is 17.2. The molecular formula is C18H21NO4. The minimum absolute atomic E-state index is 0.0718. The summed E-state index contributed by atoms with van der Waals surface area (Å²) in [7, 11) is 1.43. The minimum Gasteiger partial charge on any atom is -0.480 e. The fraction of sp³-hybridized carbons (Fsp3) is 0.333. The second kappa shape index (κ2) is 6.28. The molecule has 23 heavy (non-hydrogen) atoms. The van der Waals surface area contributed by atoms with E-state index in [1.165, 1.54) is 12.6 Å². The quantitative estimate of drug-likeness (QED) is 0.938. The van der Waals surface area contributed by atoms with Gasteiger partial charge in [0.05, 0.1) is 0 Å². The van der Waals surface area contributed by atoms with Crippen LogP contribution in [-0.2, 0) is 10.2 Å². The zero-order valence-electron chi connectivity index (χ0n) is 13.8. The minimum atomic E-state index is -1.06. The van der Waals surface area contributed by atoms with Gasteiger partial charge in [-0.1, -0.05) is 45.0 Å². The van der Waals surface area contributed by atoms with Crippen LogP contribution in [0.5, 0.6) is 0 Å². The van der Waals surface area contributed by atoms with Gasteiger partial charge in [-0.05, 0) is 23.1 Å². The predicted octanol–water partition coefficient (Wildman–Crippen LogP) is 3.40. The summed E-state index contributed by atoms with van der Waals surface area (Å²) in [6.45, 7) is 6.06. The second-order valence-corrected chi connectivity index (χ2v) is 6.55. The first-order valence-corrected chi connectivity index (χ1v) is 7.36. The third-order valence-corrected chi connectivity index (χ3v) is 3.57. The maximum atomic E-state index is 12.1. The van der Waals surface area contributed by atoms with Crippen LogP contribution in [0.15, 0.2) is 40.8 Å². The monoisotopic (exact) mass is 315 g/mol. The van der Waals surface area contributed by atoms with Gasteiger partial charge < -0.3 is 14.4 Å². The molecule has 0 saturated carbocycles. The SMILES string of the molecule is CN(CC(=O)O)C(=O)c1ccc(-c2ccc(C(C)(C)C)cc2)o1. The van der Waals surface area contributed by atoms with E-state index in [0.29, 0.717) is 5.76 Å². The molecule has 0 spiro atoms. The summed E-state index contributed by atoms with van der Waals surface area (Å²) in [6, 6.07) is 11.3. The van der Waals surface area contributed by atoms with Crippen molar-refractivity contribution >= 4 is 11.9 Å². The Labute approximate surface area is 135 Å². The van der Waals surface area contributed by atoms with Gasteiger partial charge in [0.2, 0.25) is 0 Å². The van der Waals surface area contributed by atoms with E-state index >= 15 is 0 Å². The van der Waals surface area contributed by atoms with Crippen LogP contribution in [0.2, 0.25) is 0 Å². The van der Waals surface area contributed by atoms with E-state index in [-0.39, 0.29) is 17.7 Å². The molecule has 122 valence electrons. The Kier molecular flexibility index (Phi) is 4.59. The van der Waals surface area contributed by atoms with Crippen LogP contribution in [0.4, 0.5) is 0 Å². The normalized spacial score (nSPS) is 11.3. The largest absolute Gasteiger partial charge is 0.480 e. The Morgan fingerprint density at radius 3 is 2.22 bits per heavy atom. The number of carboxylic acid groups (broad SMARTS) is 1. The highest BCUT2D eigenvalue weighted by Crippen LogP contribution is 2.27. The van der Waals surface area contributed by atoms with Gasteiger partial charge in [0.15, 0.2) is 5.76 Å². The summed E-state index contributed by atoms with van der Waals surface area (Å²) in [5.74, 6) is -0.809. The molecular weight excluding hydrogens is 294 g/mol. The first-order valence-electron chi connectivity index (χ1n) is 7.36. The summed E-state index contributed by atoms with van der Waals surface area (Å²) in [5.41, 5.74) is 2.16. The molecule has 0 atom stereocenters. The highest BCUT2D eigenvalue weighted by Gasteiger charge is 2.19. The number of nitrogens with zero attached hydrogens (tertiary/aromatic N) is 1. The number of carboxylic acids is 1. The predicted molar refractivity (Wildman–Crippen MR) is 87.4 cm³/mol. The molecule has 0 aliphatic carbocycles. The van der Waals surface area contributed by atoms with Crippen molar-refractivity contribution in [3.63, 3.8) is 0 Å². The zero-order valence-corrected chi connectivity index (χ0v) is 13.8. The van der Waals surface area contributed by atoms with E-state index in [9.17, 15) is 9.59 Å². The molecule has 0 radical (unpaired) electrons. The lowest BCUT2D eigenvalue weighted by Gasteiger charge is -2.18. The molecule has 5 nitrogen and oxygen atoms in total. The molecule has 1 N–H and O–H groups in total. The van der Waals surface area contributed by atoms with Crippen LogP contribution >= 0.6 is 0 Å². The third-order valence-electron chi connectivity index (χ3n) is 3.57. The molecule has 5 heteroatoms. The fourth-order valence-electron chi connectivity index (χ4n) is 2.21.